The van der Waals surface area contributed by atoms with Crippen LogP contribution < -0.4 is 0 Å². The molecule has 6 nitrogen and oxygen atoms in total. The lowest BCUT2D eigenvalue weighted by Gasteiger charge is -2.06. The molecule has 0 aliphatic rings. The van der Waals surface area contributed by atoms with E-state index in [4.69, 9.17) is 5.11 Å². The van der Waals surface area contributed by atoms with Crippen LogP contribution in [0.1, 0.15) is 0 Å². The summed E-state index contributed by atoms with van der Waals surface area (Å²) in [5.74, 6) is -2.04. The molecule has 1 amide bonds. The van der Waals surface area contributed by atoms with Crippen LogP contribution in [-0.4, -0.2) is 34.2 Å². The molecule has 0 aromatic heterocycles. The maximum absolute atomic E-state index is 12.3. The molecule has 0 fully saturated rings. The Kier molecular flexibility index (Phi) is 4.22. The molecule has 0 saturated carbocycles. The Labute approximate surface area is 98.4 Å². The first-order chi connectivity index (χ1) is 7.98. The average Bonchev–Trinajstić information content (AvgIpc) is 2.29. The van der Waals surface area contributed by atoms with Crippen molar-refractivity contribution in [3.05, 3.63) is 30.3 Å². The summed E-state index contributed by atoms with van der Waals surface area (Å²) in [4.78, 5) is 21.9. The molecule has 1 N–H and O–H groups in total. The Morgan fingerprint density at radius 1 is 1.35 bits per heavy atom. The number of amides is 1. The predicted molar refractivity (Wildman–Crippen MR) is 60.2 cm³/mol. The molecule has 1 atom stereocenters. The van der Waals surface area contributed by atoms with Gasteiger partial charge in [0.25, 0.3) is 0 Å². The molecular formula is C10H11NO5S. The summed E-state index contributed by atoms with van der Waals surface area (Å²) in [5, 5.41) is 8.70. The highest BCUT2D eigenvalue weighted by molar-refractivity contribution is 7.94. The number of methoxy groups -OCH3 is 1. The summed E-state index contributed by atoms with van der Waals surface area (Å²) in [5.41, 5.74) is 0. The second-order valence-corrected chi connectivity index (χ2v) is 5.28. The molecule has 92 valence electrons. The number of carboxylic acids is 1. The summed E-state index contributed by atoms with van der Waals surface area (Å²) in [7, 11) is -2.25. The molecule has 0 bridgehead atoms. The van der Waals surface area contributed by atoms with Crippen LogP contribution >= 0.6 is 0 Å². The zero-order chi connectivity index (χ0) is 12.9. The Balaban J connectivity index is 3.30. The standard InChI is InChI=1S/C10H11NO5S/c1-16-10(14)11-17(15,7-9(12)13)8-5-3-2-4-6-8/h2-6H,7H2,1H3,(H,12,13). The van der Waals surface area contributed by atoms with E-state index in [1.165, 1.54) is 12.1 Å². The lowest BCUT2D eigenvalue weighted by atomic mass is 10.4. The molecular weight excluding hydrogens is 246 g/mol. The quantitative estimate of drug-likeness (QED) is 0.882. The van der Waals surface area contributed by atoms with Gasteiger partial charge in [-0.25, -0.2) is 9.00 Å². The number of carboxylic acid groups (broad SMARTS) is 1. The number of hydrogen-bond donors (Lipinski definition) is 1. The van der Waals surface area contributed by atoms with Crippen molar-refractivity contribution >= 4 is 21.8 Å². The van der Waals surface area contributed by atoms with Crippen molar-refractivity contribution in [2.45, 2.75) is 4.90 Å². The van der Waals surface area contributed by atoms with Crippen LogP contribution in [0.25, 0.3) is 0 Å². The minimum Gasteiger partial charge on any atom is -0.481 e. The van der Waals surface area contributed by atoms with Crippen molar-refractivity contribution in [3.8, 4) is 0 Å². The van der Waals surface area contributed by atoms with Crippen LogP contribution in [0, 0.1) is 0 Å². The number of aliphatic carboxylic acids is 1. The smallest absolute Gasteiger partial charge is 0.441 e. The number of rotatable bonds is 3. The van der Waals surface area contributed by atoms with Crippen LogP contribution in [0.4, 0.5) is 4.79 Å². The first-order valence-corrected chi connectivity index (χ1v) is 6.26. The van der Waals surface area contributed by atoms with Crippen molar-refractivity contribution in [2.75, 3.05) is 12.9 Å². The number of carbonyl (C=O) groups excluding carboxylic acids is 1. The molecule has 17 heavy (non-hydrogen) atoms. The maximum atomic E-state index is 12.3. The molecule has 0 aliphatic carbocycles. The number of benzene rings is 1. The van der Waals surface area contributed by atoms with E-state index in [9.17, 15) is 13.8 Å². The topological polar surface area (TPSA) is 93.0 Å². The van der Waals surface area contributed by atoms with Gasteiger partial charge in [0.15, 0.2) is 0 Å². The van der Waals surface area contributed by atoms with E-state index in [1.54, 1.807) is 18.2 Å². The lowest BCUT2D eigenvalue weighted by Crippen LogP contribution is -2.17. The molecule has 1 unspecified atom stereocenters. The zero-order valence-electron chi connectivity index (χ0n) is 9.03. The molecule has 1 aromatic carbocycles. The monoisotopic (exact) mass is 257 g/mol. The number of carbonyl (C=O) groups is 2. The summed E-state index contributed by atoms with van der Waals surface area (Å²) < 4.78 is 19.9. The lowest BCUT2D eigenvalue weighted by molar-refractivity contribution is -0.134. The SMILES string of the molecule is COC(=O)N=S(=O)(CC(=O)O)c1ccccc1. The molecule has 0 heterocycles. The van der Waals surface area contributed by atoms with E-state index in [0.717, 1.165) is 7.11 Å². The fraction of sp³-hybridized carbons (Fsp3) is 0.200. The summed E-state index contributed by atoms with van der Waals surface area (Å²) in [6, 6.07) is 7.77. The third-order valence-corrected chi connectivity index (χ3v) is 3.92. The second kappa shape index (κ2) is 5.44. The summed E-state index contributed by atoms with van der Waals surface area (Å²) in [6.45, 7) is 0. The van der Waals surface area contributed by atoms with Gasteiger partial charge in [-0.15, -0.1) is 4.36 Å². The van der Waals surface area contributed by atoms with Gasteiger partial charge >= 0.3 is 12.1 Å². The number of hydrogen-bond acceptors (Lipinski definition) is 4. The highest BCUT2D eigenvalue weighted by Crippen LogP contribution is 2.14. The van der Waals surface area contributed by atoms with Crippen LogP contribution in [-0.2, 0) is 19.3 Å². The van der Waals surface area contributed by atoms with E-state index < -0.39 is 27.5 Å². The minimum absolute atomic E-state index is 0.188. The van der Waals surface area contributed by atoms with E-state index in [0.29, 0.717) is 0 Å². The van der Waals surface area contributed by atoms with E-state index >= 15 is 0 Å². The Morgan fingerprint density at radius 3 is 2.41 bits per heavy atom. The van der Waals surface area contributed by atoms with Crippen LogP contribution in [0.3, 0.4) is 0 Å². The summed E-state index contributed by atoms with van der Waals surface area (Å²) >= 11 is 0. The van der Waals surface area contributed by atoms with Gasteiger partial charge in [-0.3, -0.25) is 4.79 Å². The Morgan fingerprint density at radius 2 is 1.94 bits per heavy atom. The van der Waals surface area contributed by atoms with Crippen molar-refractivity contribution in [1.82, 2.24) is 0 Å². The average molecular weight is 257 g/mol. The van der Waals surface area contributed by atoms with E-state index in [2.05, 4.69) is 9.10 Å². The van der Waals surface area contributed by atoms with Crippen molar-refractivity contribution in [3.63, 3.8) is 0 Å². The second-order valence-electron chi connectivity index (χ2n) is 3.05. The van der Waals surface area contributed by atoms with Gasteiger partial charge in [-0.2, -0.15) is 0 Å². The third kappa shape index (κ3) is 3.56. The molecule has 1 aromatic rings. The fourth-order valence-electron chi connectivity index (χ4n) is 1.13. The maximum Gasteiger partial charge on any atom is 0.441 e. The zero-order valence-corrected chi connectivity index (χ0v) is 9.85. The molecule has 0 aliphatic heterocycles. The van der Waals surface area contributed by atoms with Crippen LogP contribution in [0.2, 0.25) is 0 Å². The summed E-state index contributed by atoms with van der Waals surface area (Å²) in [6.07, 6.45) is -1.06. The Hall–Kier alpha value is -1.89. The van der Waals surface area contributed by atoms with Gasteiger partial charge in [0.05, 0.1) is 16.8 Å². The number of nitrogens with zero attached hydrogens (tertiary/aromatic N) is 1. The molecule has 7 heteroatoms. The van der Waals surface area contributed by atoms with E-state index in [1.807, 2.05) is 0 Å². The molecule has 0 spiro atoms. The van der Waals surface area contributed by atoms with Gasteiger partial charge in [0.1, 0.15) is 5.75 Å². The molecule has 1 rings (SSSR count). The van der Waals surface area contributed by atoms with Gasteiger partial charge in [-0.1, -0.05) is 18.2 Å². The van der Waals surface area contributed by atoms with Crippen molar-refractivity contribution in [2.24, 2.45) is 4.36 Å². The first-order valence-electron chi connectivity index (χ1n) is 4.57. The first kappa shape index (κ1) is 13.2. The largest absolute Gasteiger partial charge is 0.481 e. The van der Waals surface area contributed by atoms with Crippen molar-refractivity contribution < 1.29 is 23.6 Å². The highest BCUT2D eigenvalue weighted by atomic mass is 32.2. The van der Waals surface area contributed by atoms with Crippen molar-refractivity contribution in [1.29, 1.82) is 0 Å². The Bertz CT molecular complexity index is 531. The van der Waals surface area contributed by atoms with Crippen LogP contribution in [0.15, 0.2) is 39.6 Å². The van der Waals surface area contributed by atoms with E-state index in [-0.39, 0.29) is 4.90 Å². The third-order valence-electron chi connectivity index (χ3n) is 1.83. The van der Waals surface area contributed by atoms with Gasteiger partial charge in [-0.05, 0) is 12.1 Å². The van der Waals surface area contributed by atoms with Gasteiger partial charge < -0.3 is 9.84 Å². The molecule has 0 saturated heterocycles. The fourth-order valence-corrected chi connectivity index (χ4v) is 2.70. The normalized spacial score (nSPS) is 13.5. The highest BCUT2D eigenvalue weighted by Gasteiger charge is 2.19. The van der Waals surface area contributed by atoms with Gasteiger partial charge in [0.2, 0.25) is 0 Å². The number of ether oxygens (including phenoxy) is 1. The van der Waals surface area contributed by atoms with Crippen LogP contribution in [0.5, 0.6) is 0 Å². The minimum atomic E-state index is -3.33. The van der Waals surface area contributed by atoms with Gasteiger partial charge in [0, 0.05) is 4.90 Å². The predicted octanol–water partition coefficient (Wildman–Crippen LogP) is 1.36. The molecule has 0 radical (unpaired) electrons.